The molecule has 4 aliphatic rings. The number of methoxy groups -OCH3 is 2. The molecule has 3 aromatic rings. The van der Waals surface area contributed by atoms with Crippen molar-refractivity contribution in [3.05, 3.63) is 106 Å². The number of hydrogen-bond acceptors (Lipinski definition) is 6. The normalized spacial score (nSPS) is 25.2. The number of aliphatic hydroxyl groups excluding tert-OH is 1. The van der Waals surface area contributed by atoms with Crippen molar-refractivity contribution < 1.29 is 29.3 Å². The third-order valence-corrected chi connectivity index (χ3v) is 12.7. The van der Waals surface area contributed by atoms with E-state index in [0.29, 0.717) is 50.1 Å². The molecule has 1 amide bonds. The van der Waals surface area contributed by atoms with Crippen LogP contribution in [0.15, 0.2) is 78.4 Å². The Morgan fingerprint density at radius 2 is 1.62 bits per heavy atom. The highest BCUT2D eigenvalue weighted by Crippen LogP contribution is 2.59. The predicted molar refractivity (Wildman–Crippen MR) is 209 cm³/mol. The minimum Gasteiger partial charge on any atom is -0.493 e. The van der Waals surface area contributed by atoms with Gasteiger partial charge in [-0.3, -0.25) is 9.59 Å². The molecule has 7 rings (SSSR count). The molecule has 0 aliphatic heterocycles. The van der Waals surface area contributed by atoms with Crippen LogP contribution in [0.5, 0.6) is 11.5 Å². The molecule has 53 heavy (non-hydrogen) atoms. The summed E-state index contributed by atoms with van der Waals surface area (Å²) in [6.07, 6.45) is 11.8. The van der Waals surface area contributed by atoms with Gasteiger partial charge in [-0.1, -0.05) is 86.4 Å². The van der Waals surface area contributed by atoms with E-state index in [0.717, 1.165) is 66.3 Å². The van der Waals surface area contributed by atoms with E-state index in [4.69, 9.17) is 9.47 Å². The van der Waals surface area contributed by atoms with Crippen molar-refractivity contribution >= 4 is 11.7 Å². The Labute approximate surface area is 316 Å². The van der Waals surface area contributed by atoms with Gasteiger partial charge in [-0.25, -0.2) is 0 Å². The Bertz CT molecular complexity index is 1760. The van der Waals surface area contributed by atoms with Crippen LogP contribution in [0.2, 0.25) is 0 Å². The maximum absolute atomic E-state index is 14.5. The average molecular weight is 722 g/mol. The zero-order valence-electron chi connectivity index (χ0n) is 32.2. The summed E-state index contributed by atoms with van der Waals surface area (Å²) in [5, 5.41) is 24.1. The number of carbonyl (C=O) groups is 2. The Balaban J connectivity index is 1.38. The van der Waals surface area contributed by atoms with E-state index in [-0.39, 0.29) is 36.5 Å². The molecule has 0 spiro atoms. The molecule has 2 bridgehead atoms. The second kappa shape index (κ2) is 17.0. The van der Waals surface area contributed by atoms with Gasteiger partial charge in [0.1, 0.15) is 0 Å². The van der Waals surface area contributed by atoms with Crippen LogP contribution >= 0.6 is 0 Å². The second-order valence-corrected chi connectivity index (χ2v) is 16.2. The number of benzene rings is 3. The Kier molecular flexibility index (Phi) is 12.5. The molecule has 284 valence electrons. The topological polar surface area (TPSA) is 96.3 Å². The van der Waals surface area contributed by atoms with Gasteiger partial charge < -0.3 is 24.6 Å². The van der Waals surface area contributed by atoms with E-state index in [9.17, 15) is 19.8 Å². The number of allylic oxidation sites excluding steroid dienone is 2. The van der Waals surface area contributed by atoms with Gasteiger partial charge in [0.25, 0.3) is 0 Å². The lowest BCUT2D eigenvalue weighted by molar-refractivity contribution is -0.140. The van der Waals surface area contributed by atoms with Crippen LogP contribution in [0.4, 0.5) is 0 Å². The van der Waals surface area contributed by atoms with E-state index < -0.39 is 17.1 Å². The SMILES string of the molecule is COc1ccc(CC(=O)N(Cc2ccccc2)CC2(O)CCC3c4ccc(cc4C(=O)C4CCCCC4)CC(O)CCC(C)=CCCC32C)cc1OC. The third-order valence-electron chi connectivity index (χ3n) is 12.7. The van der Waals surface area contributed by atoms with Gasteiger partial charge >= 0.3 is 0 Å². The van der Waals surface area contributed by atoms with Crippen LogP contribution in [0, 0.1) is 11.3 Å². The average Bonchev–Trinajstić information content (AvgIpc) is 3.42. The first-order valence-electron chi connectivity index (χ1n) is 19.8. The lowest BCUT2D eigenvalue weighted by Gasteiger charge is -2.46. The van der Waals surface area contributed by atoms with Crippen LogP contribution in [0.25, 0.3) is 0 Å². The summed E-state index contributed by atoms with van der Waals surface area (Å²) in [6.45, 7) is 4.88. The molecule has 4 aliphatic carbocycles. The molecule has 0 saturated heterocycles. The summed E-state index contributed by atoms with van der Waals surface area (Å²) in [7, 11) is 3.18. The Morgan fingerprint density at radius 1 is 0.868 bits per heavy atom. The van der Waals surface area contributed by atoms with Crippen molar-refractivity contribution in [1.82, 2.24) is 4.90 Å². The van der Waals surface area contributed by atoms with E-state index in [1.165, 1.54) is 12.0 Å². The third kappa shape index (κ3) is 8.73. The lowest BCUT2D eigenvalue weighted by Crippen LogP contribution is -2.53. The van der Waals surface area contributed by atoms with Gasteiger partial charge in [-0.15, -0.1) is 0 Å². The van der Waals surface area contributed by atoms with Crippen LogP contribution in [-0.2, 0) is 24.2 Å². The molecule has 7 heteroatoms. The van der Waals surface area contributed by atoms with Gasteiger partial charge in [0.15, 0.2) is 17.3 Å². The highest BCUT2D eigenvalue weighted by Gasteiger charge is 2.57. The smallest absolute Gasteiger partial charge is 0.227 e. The number of hydrogen-bond donors (Lipinski definition) is 2. The molecule has 3 aromatic carbocycles. The number of aliphatic hydroxyl groups is 2. The maximum atomic E-state index is 14.5. The van der Waals surface area contributed by atoms with Crippen molar-refractivity contribution in [2.45, 2.75) is 121 Å². The van der Waals surface area contributed by atoms with Crippen LogP contribution in [-0.4, -0.2) is 59.3 Å². The standard InChI is InChI=1S/C46H59NO6/c1-32-12-11-24-45(2)40(38-21-18-34(26-37(48)20-17-32)27-39(38)44(50)36-15-9-6-10-16-36)23-25-46(45,51)31-47(30-33-13-7-5-8-14-33)43(49)29-35-19-22-41(52-3)42(28-35)53-4/h5,7-8,12-14,18-19,21-22,27-28,36-37,40,48,51H,6,9-11,15-17,20,23-26,29-31H2,1-4H3. The number of nitrogens with zero attached hydrogens (tertiary/aromatic N) is 1. The van der Waals surface area contributed by atoms with Gasteiger partial charge in [-0.05, 0) is 111 Å². The first-order chi connectivity index (χ1) is 25.5. The van der Waals surface area contributed by atoms with Crippen LogP contribution < -0.4 is 9.47 Å². The maximum Gasteiger partial charge on any atom is 0.227 e. The van der Waals surface area contributed by atoms with E-state index in [1.807, 2.05) is 53.4 Å². The van der Waals surface area contributed by atoms with Crippen molar-refractivity contribution in [3.63, 3.8) is 0 Å². The quantitative estimate of drug-likeness (QED) is 0.161. The molecule has 2 fully saturated rings. The molecule has 0 radical (unpaired) electrons. The van der Waals surface area contributed by atoms with Gasteiger partial charge in [0.05, 0.1) is 38.9 Å². The molecular weight excluding hydrogens is 663 g/mol. The summed E-state index contributed by atoms with van der Waals surface area (Å²) in [5.41, 5.74) is 3.98. The molecular formula is C46H59NO6. The summed E-state index contributed by atoms with van der Waals surface area (Å²) >= 11 is 0. The fourth-order valence-corrected chi connectivity index (χ4v) is 9.43. The zero-order chi connectivity index (χ0) is 37.6. The molecule has 2 saturated carbocycles. The number of ether oxygens (including phenoxy) is 2. The fourth-order valence-electron chi connectivity index (χ4n) is 9.43. The molecule has 2 N–H and O–H groups in total. The summed E-state index contributed by atoms with van der Waals surface area (Å²) < 4.78 is 11.0. The summed E-state index contributed by atoms with van der Waals surface area (Å²) in [5.74, 6) is 1.24. The molecule has 0 heterocycles. The monoisotopic (exact) mass is 721 g/mol. The van der Waals surface area contributed by atoms with Crippen molar-refractivity contribution in [2.24, 2.45) is 11.3 Å². The first kappa shape index (κ1) is 38.8. The molecule has 7 nitrogen and oxygen atoms in total. The van der Waals surface area contributed by atoms with E-state index in [2.05, 4.69) is 38.1 Å². The van der Waals surface area contributed by atoms with Gasteiger partial charge in [0.2, 0.25) is 5.91 Å². The number of rotatable bonds is 10. The van der Waals surface area contributed by atoms with Crippen molar-refractivity contribution in [3.8, 4) is 11.5 Å². The van der Waals surface area contributed by atoms with Gasteiger partial charge in [-0.2, -0.15) is 0 Å². The highest BCUT2D eigenvalue weighted by atomic mass is 16.5. The molecule has 4 unspecified atom stereocenters. The zero-order valence-corrected chi connectivity index (χ0v) is 32.2. The number of fused-ring (bicyclic) bond motifs is 8. The van der Waals surface area contributed by atoms with Crippen molar-refractivity contribution in [2.75, 3.05) is 20.8 Å². The Morgan fingerprint density at radius 3 is 2.36 bits per heavy atom. The van der Waals surface area contributed by atoms with Gasteiger partial charge in [0, 0.05) is 23.4 Å². The van der Waals surface area contributed by atoms with Crippen LogP contribution in [0.1, 0.15) is 123 Å². The van der Waals surface area contributed by atoms with Crippen LogP contribution in [0.3, 0.4) is 0 Å². The molecule has 0 aromatic heterocycles. The lowest BCUT2D eigenvalue weighted by atomic mass is 9.64. The predicted octanol–water partition coefficient (Wildman–Crippen LogP) is 8.78. The van der Waals surface area contributed by atoms with E-state index >= 15 is 0 Å². The van der Waals surface area contributed by atoms with Crippen molar-refractivity contribution in [1.29, 1.82) is 0 Å². The second-order valence-electron chi connectivity index (χ2n) is 16.2. The summed E-state index contributed by atoms with van der Waals surface area (Å²) in [4.78, 5) is 30.7. The van der Waals surface area contributed by atoms with E-state index in [1.54, 1.807) is 14.2 Å². The minimum atomic E-state index is -1.21. The number of carbonyl (C=O) groups excluding carboxylic acids is 2. The largest absolute Gasteiger partial charge is 0.493 e. The minimum absolute atomic E-state index is 0.00856. The number of Topliss-reactive ketones (excluding diaryl/α,β-unsaturated/α-hetero) is 1. The molecule has 4 atom stereocenters. The summed E-state index contributed by atoms with van der Waals surface area (Å²) in [6, 6.07) is 21.8. The number of ketones is 1. The fraction of sp³-hybridized carbons (Fsp3) is 0.522. The first-order valence-corrected chi connectivity index (χ1v) is 19.8. The highest BCUT2D eigenvalue weighted by molar-refractivity contribution is 5.99. The number of amides is 1. The Hall–Kier alpha value is -3.94.